The van der Waals surface area contributed by atoms with Gasteiger partial charge in [-0.3, -0.25) is 4.79 Å². The van der Waals surface area contributed by atoms with Crippen LogP contribution in [0.2, 0.25) is 0 Å². The fourth-order valence-electron chi connectivity index (χ4n) is 2.67. The predicted octanol–water partition coefficient (Wildman–Crippen LogP) is -0.535. The lowest BCUT2D eigenvalue weighted by molar-refractivity contribution is -0.354. The van der Waals surface area contributed by atoms with Crippen molar-refractivity contribution in [3.05, 3.63) is 29.8 Å². The average Bonchev–Trinajstić information content (AvgIpc) is 2.53. The summed E-state index contributed by atoms with van der Waals surface area (Å²) < 4.78 is 21.5. The minimum atomic E-state index is -1.50. The summed E-state index contributed by atoms with van der Waals surface area (Å²) in [5.41, 5.74) is 0.481. The Balaban J connectivity index is 1.80. The van der Waals surface area contributed by atoms with Crippen molar-refractivity contribution in [2.24, 2.45) is 0 Å². The van der Waals surface area contributed by atoms with Crippen molar-refractivity contribution in [3.8, 4) is 5.75 Å². The first-order valence-electron chi connectivity index (χ1n) is 7.21. The Morgan fingerprint density at radius 1 is 1.17 bits per heavy atom. The van der Waals surface area contributed by atoms with Gasteiger partial charge in [-0.15, -0.1) is 0 Å². The van der Waals surface area contributed by atoms with E-state index in [4.69, 9.17) is 18.9 Å². The minimum Gasteiger partial charge on any atom is -0.426 e. The fourth-order valence-corrected chi connectivity index (χ4v) is 2.67. The largest absolute Gasteiger partial charge is 0.426 e. The highest BCUT2D eigenvalue weighted by Crippen LogP contribution is 2.36. The van der Waals surface area contributed by atoms with Gasteiger partial charge in [-0.25, -0.2) is 0 Å². The van der Waals surface area contributed by atoms with E-state index in [0.29, 0.717) is 5.56 Å². The number of benzene rings is 1. The van der Waals surface area contributed by atoms with Crippen LogP contribution in [0.4, 0.5) is 0 Å². The number of ether oxygens (including phenoxy) is 4. The molecule has 1 aromatic carbocycles. The Hall–Kier alpha value is -1.55. The third-order valence-electron chi connectivity index (χ3n) is 3.78. The van der Waals surface area contributed by atoms with Crippen molar-refractivity contribution in [1.82, 2.24) is 0 Å². The molecule has 0 radical (unpaired) electrons. The number of para-hydroxylation sites is 1. The van der Waals surface area contributed by atoms with E-state index in [9.17, 15) is 20.1 Å². The SMILES string of the molecule is CC(=O)Oc1ccccc1C1OC[C@H]2OC(O)[C@H](O)[C@@H](O)[C@@H]2O1. The molecular formula is C15H18O8. The van der Waals surface area contributed by atoms with Crippen molar-refractivity contribution in [3.63, 3.8) is 0 Å². The second-order valence-corrected chi connectivity index (χ2v) is 5.44. The van der Waals surface area contributed by atoms with Crippen LogP contribution in [0.25, 0.3) is 0 Å². The van der Waals surface area contributed by atoms with Crippen molar-refractivity contribution < 1.29 is 39.1 Å². The van der Waals surface area contributed by atoms with Gasteiger partial charge >= 0.3 is 5.97 Å². The highest BCUT2D eigenvalue weighted by molar-refractivity contribution is 5.69. The third-order valence-corrected chi connectivity index (χ3v) is 3.78. The van der Waals surface area contributed by atoms with Gasteiger partial charge < -0.3 is 34.3 Å². The van der Waals surface area contributed by atoms with Gasteiger partial charge in [0.1, 0.15) is 30.2 Å². The molecular weight excluding hydrogens is 308 g/mol. The number of aliphatic hydroxyl groups is 3. The number of aliphatic hydroxyl groups excluding tert-OH is 3. The van der Waals surface area contributed by atoms with Crippen molar-refractivity contribution in [2.75, 3.05) is 6.61 Å². The summed E-state index contributed by atoms with van der Waals surface area (Å²) in [4.78, 5) is 11.2. The maximum Gasteiger partial charge on any atom is 0.308 e. The van der Waals surface area contributed by atoms with Gasteiger partial charge in [0.25, 0.3) is 0 Å². The standard InChI is InChI=1S/C15H18O8/c1-7(16)21-9-5-3-2-4-8(9)15-20-6-10-13(23-15)11(17)12(18)14(19)22-10/h2-5,10-15,17-19H,6H2,1H3/t10-,11-,12-,13-,14?,15?/m1/s1. The van der Waals surface area contributed by atoms with E-state index in [0.717, 1.165) is 0 Å². The average molecular weight is 326 g/mol. The minimum absolute atomic E-state index is 0.0462. The molecule has 2 aliphatic rings. The van der Waals surface area contributed by atoms with Crippen LogP contribution in [-0.4, -0.2) is 58.6 Å². The summed E-state index contributed by atoms with van der Waals surface area (Å²) in [5, 5.41) is 29.3. The van der Waals surface area contributed by atoms with Gasteiger partial charge in [0.05, 0.1) is 12.2 Å². The monoisotopic (exact) mass is 326 g/mol. The van der Waals surface area contributed by atoms with Crippen LogP contribution in [0.15, 0.2) is 24.3 Å². The van der Waals surface area contributed by atoms with E-state index in [2.05, 4.69) is 0 Å². The zero-order chi connectivity index (χ0) is 16.6. The lowest BCUT2D eigenvalue weighted by Gasteiger charge is -2.45. The molecule has 2 saturated heterocycles. The van der Waals surface area contributed by atoms with Crippen LogP contribution in [0.5, 0.6) is 5.75 Å². The highest BCUT2D eigenvalue weighted by Gasteiger charge is 2.48. The second kappa shape index (κ2) is 6.52. The molecule has 2 aliphatic heterocycles. The van der Waals surface area contributed by atoms with E-state index < -0.39 is 43.0 Å². The molecule has 126 valence electrons. The highest BCUT2D eigenvalue weighted by atomic mass is 16.7. The van der Waals surface area contributed by atoms with Crippen molar-refractivity contribution in [1.29, 1.82) is 0 Å². The maximum atomic E-state index is 11.2. The first-order valence-corrected chi connectivity index (χ1v) is 7.21. The molecule has 0 bridgehead atoms. The zero-order valence-corrected chi connectivity index (χ0v) is 12.4. The molecule has 6 atom stereocenters. The number of rotatable bonds is 2. The lowest BCUT2D eigenvalue weighted by atomic mass is 9.98. The van der Waals surface area contributed by atoms with Crippen LogP contribution in [0.3, 0.4) is 0 Å². The smallest absolute Gasteiger partial charge is 0.308 e. The number of carbonyl (C=O) groups is 1. The van der Waals surface area contributed by atoms with Crippen molar-refractivity contribution >= 4 is 5.97 Å². The molecule has 3 N–H and O–H groups in total. The Morgan fingerprint density at radius 3 is 2.65 bits per heavy atom. The van der Waals surface area contributed by atoms with Gasteiger partial charge in [-0.05, 0) is 6.07 Å². The number of carbonyl (C=O) groups excluding carboxylic acids is 1. The molecule has 1 aromatic rings. The Labute approximate surface area is 132 Å². The van der Waals surface area contributed by atoms with Crippen LogP contribution in [-0.2, 0) is 19.0 Å². The second-order valence-electron chi connectivity index (χ2n) is 5.44. The zero-order valence-electron chi connectivity index (χ0n) is 12.4. The molecule has 8 heteroatoms. The summed E-state index contributed by atoms with van der Waals surface area (Å²) in [6, 6.07) is 6.70. The van der Waals surface area contributed by atoms with Gasteiger partial charge in [-0.2, -0.15) is 0 Å². The number of esters is 1. The van der Waals surface area contributed by atoms with E-state index in [-0.39, 0.29) is 12.4 Å². The van der Waals surface area contributed by atoms with E-state index in [1.165, 1.54) is 6.92 Å². The molecule has 0 saturated carbocycles. The molecule has 0 aliphatic carbocycles. The summed E-state index contributed by atoms with van der Waals surface area (Å²) >= 11 is 0. The maximum absolute atomic E-state index is 11.2. The summed E-state index contributed by atoms with van der Waals surface area (Å²) in [5.74, 6) is -0.194. The molecule has 23 heavy (non-hydrogen) atoms. The van der Waals surface area contributed by atoms with Gasteiger partial charge in [0.15, 0.2) is 12.6 Å². The number of hydrogen-bond donors (Lipinski definition) is 3. The molecule has 0 amide bonds. The van der Waals surface area contributed by atoms with Crippen molar-refractivity contribution in [2.45, 2.75) is 43.9 Å². The quantitative estimate of drug-likeness (QED) is 0.491. The molecule has 2 heterocycles. The Morgan fingerprint density at radius 2 is 1.91 bits per heavy atom. The van der Waals surface area contributed by atoms with E-state index in [1.807, 2.05) is 0 Å². The predicted molar refractivity (Wildman–Crippen MR) is 74.2 cm³/mol. The topological polar surface area (TPSA) is 115 Å². The molecule has 2 fully saturated rings. The van der Waals surface area contributed by atoms with Crippen LogP contribution < -0.4 is 4.74 Å². The van der Waals surface area contributed by atoms with Gasteiger partial charge in [-0.1, -0.05) is 18.2 Å². The third kappa shape index (κ3) is 3.23. The summed E-state index contributed by atoms with van der Waals surface area (Å²) in [6.07, 6.45) is -6.77. The van der Waals surface area contributed by atoms with Gasteiger partial charge in [0.2, 0.25) is 0 Å². The number of fused-ring (bicyclic) bond motifs is 1. The molecule has 0 spiro atoms. The molecule has 0 aromatic heterocycles. The van der Waals surface area contributed by atoms with Crippen LogP contribution in [0.1, 0.15) is 18.8 Å². The lowest BCUT2D eigenvalue weighted by Crippen LogP contribution is -2.61. The first-order chi connectivity index (χ1) is 11.0. The van der Waals surface area contributed by atoms with E-state index >= 15 is 0 Å². The summed E-state index contributed by atoms with van der Waals surface area (Å²) in [6.45, 7) is 1.33. The van der Waals surface area contributed by atoms with Crippen LogP contribution in [0, 0.1) is 0 Å². The fraction of sp³-hybridized carbons (Fsp3) is 0.533. The van der Waals surface area contributed by atoms with Crippen LogP contribution >= 0.6 is 0 Å². The molecule has 8 nitrogen and oxygen atoms in total. The molecule has 3 rings (SSSR count). The first kappa shape index (κ1) is 16.3. The van der Waals surface area contributed by atoms with E-state index in [1.54, 1.807) is 24.3 Å². The summed E-state index contributed by atoms with van der Waals surface area (Å²) in [7, 11) is 0. The Kier molecular flexibility index (Phi) is 4.62. The normalized spacial score (nSPS) is 37.0. The van der Waals surface area contributed by atoms with Gasteiger partial charge in [0, 0.05) is 6.92 Å². The molecule has 2 unspecified atom stereocenters. The Bertz CT molecular complexity index is 574. The number of hydrogen-bond acceptors (Lipinski definition) is 8.